The zero-order valence-corrected chi connectivity index (χ0v) is 7.38. The third-order valence-corrected chi connectivity index (χ3v) is 1.57. The van der Waals surface area contributed by atoms with Crippen molar-refractivity contribution in [3.8, 4) is 0 Å². The lowest BCUT2D eigenvalue weighted by molar-refractivity contribution is 1.19. The minimum absolute atomic E-state index is 0.380. The fourth-order valence-electron chi connectivity index (χ4n) is 1.01. The van der Waals surface area contributed by atoms with Gasteiger partial charge in [0.25, 0.3) is 0 Å². The van der Waals surface area contributed by atoms with Crippen molar-refractivity contribution in [2.75, 3.05) is 11.1 Å². The quantitative estimate of drug-likeness (QED) is 0.738. The normalized spacial score (nSPS) is 9.71. The number of hydrogen-bond acceptors (Lipinski definition) is 5. The average Bonchev–Trinajstić information content (AvgIpc) is 2.19. The Bertz CT molecular complexity index is 415. The molecule has 0 unspecified atom stereocenters. The Morgan fingerprint density at radius 3 is 2.79 bits per heavy atom. The average molecular weight is 187 g/mol. The van der Waals surface area contributed by atoms with E-state index in [1.807, 2.05) is 18.2 Å². The third-order valence-electron chi connectivity index (χ3n) is 1.57. The standard InChI is InChI=1S/C9H9N5/c10-7-5-11-6-9(13-7)14-8-3-1-2-4-12-8/h1-6H,(H3,10,12,13,14). The number of nitrogens with one attached hydrogen (secondary N) is 1. The van der Waals surface area contributed by atoms with Crippen LogP contribution in [0.2, 0.25) is 0 Å². The van der Waals surface area contributed by atoms with Crippen LogP contribution < -0.4 is 11.1 Å². The fourth-order valence-corrected chi connectivity index (χ4v) is 1.01. The molecule has 0 saturated carbocycles. The third kappa shape index (κ3) is 1.95. The topological polar surface area (TPSA) is 76.7 Å². The van der Waals surface area contributed by atoms with Crippen LogP contribution in [0.1, 0.15) is 0 Å². The van der Waals surface area contributed by atoms with Gasteiger partial charge in [-0.05, 0) is 12.1 Å². The van der Waals surface area contributed by atoms with Crippen molar-refractivity contribution in [2.24, 2.45) is 0 Å². The lowest BCUT2D eigenvalue weighted by Crippen LogP contribution is -1.98. The summed E-state index contributed by atoms with van der Waals surface area (Å²) in [4.78, 5) is 12.0. The summed E-state index contributed by atoms with van der Waals surface area (Å²) in [6.07, 6.45) is 4.77. The molecule has 5 nitrogen and oxygen atoms in total. The van der Waals surface area contributed by atoms with Gasteiger partial charge in [-0.2, -0.15) is 0 Å². The molecule has 0 bridgehead atoms. The number of rotatable bonds is 2. The van der Waals surface area contributed by atoms with Gasteiger partial charge in [-0.25, -0.2) is 9.97 Å². The fraction of sp³-hybridized carbons (Fsp3) is 0. The number of pyridine rings is 1. The molecule has 0 fully saturated rings. The van der Waals surface area contributed by atoms with Gasteiger partial charge in [0.2, 0.25) is 0 Å². The van der Waals surface area contributed by atoms with Gasteiger partial charge in [-0.3, -0.25) is 4.98 Å². The van der Waals surface area contributed by atoms with E-state index in [-0.39, 0.29) is 0 Å². The summed E-state index contributed by atoms with van der Waals surface area (Å²) < 4.78 is 0. The van der Waals surface area contributed by atoms with Crippen LogP contribution >= 0.6 is 0 Å². The van der Waals surface area contributed by atoms with Crippen LogP contribution in [0.4, 0.5) is 17.5 Å². The molecule has 5 heteroatoms. The highest BCUT2D eigenvalue weighted by Gasteiger charge is 1.96. The highest BCUT2D eigenvalue weighted by atomic mass is 15.1. The molecule has 0 aliphatic carbocycles. The molecule has 0 radical (unpaired) electrons. The highest BCUT2D eigenvalue weighted by molar-refractivity contribution is 5.51. The van der Waals surface area contributed by atoms with Gasteiger partial charge in [0.1, 0.15) is 11.6 Å². The van der Waals surface area contributed by atoms with Gasteiger partial charge < -0.3 is 11.1 Å². The van der Waals surface area contributed by atoms with Gasteiger partial charge in [0, 0.05) is 6.20 Å². The minimum Gasteiger partial charge on any atom is -0.382 e. The number of aromatic nitrogens is 3. The highest BCUT2D eigenvalue weighted by Crippen LogP contribution is 2.10. The summed E-state index contributed by atoms with van der Waals surface area (Å²) in [7, 11) is 0. The lowest BCUT2D eigenvalue weighted by atomic mass is 10.4. The van der Waals surface area contributed by atoms with Crippen molar-refractivity contribution < 1.29 is 0 Å². The van der Waals surface area contributed by atoms with Crippen LogP contribution in [0.5, 0.6) is 0 Å². The minimum atomic E-state index is 0.380. The van der Waals surface area contributed by atoms with E-state index in [0.29, 0.717) is 17.5 Å². The van der Waals surface area contributed by atoms with Gasteiger partial charge in [-0.15, -0.1) is 0 Å². The van der Waals surface area contributed by atoms with E-state index >= 15 is 0 Å². The predicted molar refractivity (Wildman–Crippen MR) is 54.0 cm³/mol. The number of anilines is 3. The molecule has 0 aliphatic heterocycles. The summed E-state index contributed by atoms with van der Waals surface area (Å²) >= 11 is 0. The van der Waals surface area contributed by atoms with E-state index in [1.165, 1.54) is 6.20 Å². The summed E-state index contributed by atoms with van der Waals surface area (Å²) in [5.74, 6) is 1.68. The van der Waals surface area contributed by atoms with Crippen molar-refractivity contribution in [2.45, 2.75) is 0 Å². The predicted octanol–water partition coefficient (Wildman–Crippen LogP) is 1.20. The first-order valence-corrected chi connectivity index (χ1v) is 4.10. The molecule has 14 heavy (non-hydrogen) atoms. The molecule has 2 aromatic heterocycles. The maximum atomic E-state index is 5.48. The van der Waals surface area contributed by atoms with E-state index in [4.69, 9.17) is 5.73 Å². The van der Waals surface area contributed by atoms with Crippen LogP contribution in [0, 0.1) is 0 Å². The molecule has 0 amide bonds. The maximum Gasteiger partial charge on any atom is 0.152 e. The summed E-state index contributed by atoms with van der Waals surface area (Å²) in [6.45, 7) is 0. The van der Waals surface area contributed by atoms with Crippen LogP contribution in [0.25, 0.3) is 0 Å². The van der Waals surface area contributed by atoms with E-state index in [2.05, 4.69) is 20.3 Å². The molecular formula is C9H9N5. The zero-order chi connectivity index (χ0) is 9.80. The smallest absolute Gasteiger partial charge is 0.152 e. The van der Waals surface area contributed by atoms with E-state index in [0.717, 1.165) is 0 Å². The Morgan fingerprint density at radius 1 is 1.14 bits per heavy atom. The van der Waals surface area contributed by atoms with Gasteiger partial charge in [0.15, 0.2) is 5.82 Å². The Balaban J connectivity index is 2.19. The molecule has 0 spiro atoms. The molecule has 2 rings (SSSR count). The van der Waals surface area contributed by atoms with Crippen LogP contribution in [0.3, 0.4) is 0 Å². The molecule has 0 aliphatic rings. The van der Waals surface area contributed by atoms with Gasteiger partial charge in [0.05, 0.1) is 12.4 Å². The lowest BCUT2D eigenvalue weighted by Gasteiger charge is -2.03. The Kier molecular flexibility index (Phi) is 2.22. The van der Waals surface area contributed by atoms with Crippen LogP contribution in [0.15, 0.2) is 36.8 Å². The second-order valence-corrected chi connectivity index (χ2v) is 2.67. The molecule has 0 atom stereocenters. The molecule has 0 saturated heterocycles. The van der Waals surface area contributed by atoms with Crippen molar-refractivity contribution in [3.05, 3.63) is 36.8 Å². The van der Waals surface area contributed by atoms with Gasteiger partial charge in [-0.1, -0.05) is 6.07 Å². The number of hydrogen-bond donors (Lipinski definition) is 2. The Morgan fingerprint density at radius 2 is 2.07 bits per heavy atom. The number of nitrogens with two attached hydrogens (primary N) is 1. The molecule has 70 valence electrons. The first-order chi connectivity index (χ1) is 6.84. The van der Waals surface area contributed by atoms with E-state index in [9.17, 15) is 0 Å². The van der Waals surface area contributed by atoms with Crippen molar-refractivity contribution in [1.29, 1.82) is 0 Å². The number of nitrogen functional groups attached to an aromatic ring is 1. The molecule has 0 aromatic carbocycles. The molecule has 3 N–H and O–H groups in total. The zero-order valence-electron chi connectivity index (χ0n) is 7.38. The van der Waals surface area contributed by atoms with E-state index < -0.39 is 0 Å². The monoisotopic (exact) mass is 187 g/mol. The Labute approximate surface area is 81.0 Å². The first kappa shape index (κ1) is 8.43. The maximum absolute atomic E-state index is 5.48. The number of nitrogens with zero attached hydrogens (tertiary/aromatic N) is 3. The largest absolute Gasteiger partial charge is 0.382 e. The molecular weight excluding hydrogens is 178 g/mol. The second kappa shape index (κ2) is 3.69. The van der Waals surface area contributed by atoms with Gasteiger partial charge >= 0.3 is 0 Å². The SMILES string of the molecule is Nc1cncc(Nc2ccccn2)n1. The van der Waals surface area contributed by atoms with Crippen molar-refractivity contribution in [3.63, 3.8) is 0 Å². The first-order valence-electron chi connectivity index (χ1n) is 4.10. The van der Waals surface area contributed by atoms with Crippen LogP contribution in [-0.2, 0) is 0 Å². The summed E-state index contributed by atoms with van der Waals surface area (Å²) in [5.41, 5.74) is 5.48. The van der Waals surface area contributed by atoms with Crippen LogP contribution in [-0.4, -0.2) is 15.0 Å². The van der Waals surface area contributed by atoms with Crippen molar-refractivity contribution in [1.82, 2.24) is 15.0 Å². The molecule has 2 heterocycles. The Hall–Kier alpha value is -2.17. The summed E-state index contributed by atoms with van der Waals surface area (Å²) in [6, 6.07) is 5.57. The molecule has 2 aromatic rings. The van der Waals surface area contributed by atoms with E-state index in [1.54, 1.807) is 12.4 Å². The summed E-state index contributed by atoms with van der Waals surface area (Å²) in [5, 5.41) is 2.98. The van der Waals surface area contributed by atoms with Crippen molar-refractivity contribution >= 4 is 17.5 Å². The second-order valence-electron chi connectivity index (χ2n) is 2.67.